The fourth-order valence-corrected chi connectivity index (χ4v) is 2.73. The van der Waals surface area contributed by atoms with E-state index in [2.05, 4.69) is 4.90 Å². The summed E-state index contributed by atoms with van der Waals surface area (Å²) >= 11 is 0. The van der Waals surface area contributed by atoms with Gasteiger partial charge in [0.15, 0.2) is 0 Å². The van der Waals surface area contributed by atoms with E-state index >= 15 is 0 Å². The molecule has 0 N–H and O–H groups in total. The Morgan fingerprint density at radius 3 is 2.71 bits per heavy atom. The Morgan fingerprint density at radius 2 is 2.14 bits per heavy atom. The summed E-state index contributed by atoms with van der Waals surface area (Å²) in [5.41, 5.74) is 0.394. The van der Waals surface area contributed by atoms with Crippen LogP contribution < -0.4 is 0 Å². The van der Waals surface area contributed by atoms with Crippen molar-refractivity contribution in [3.63, 3.8) is 0 Å². The van der Waals surface area contributed by atoms with E-state index in [9.17, 15) is 4.39 Å². The predicted octanol–water partition coefficient (Wildman–Crippen LogP) is 1.85. The number of rotatable bonds is 5. The lowest BCUT2D eigenvalue weighted by atomic mass is 9.62. The highest BCUT2D eigenvalue weighted by atomic mass is 19.1. The Morgan fingerprint density at radius 1 is 1.43 bits per heavy atom. The second-order valence-electron chi connectivity index (χ2n) is 4.77. The minimum Gasteiger partial charge on any atom is -0.382 e. The summed E-state index contributed by atoms with van der Waals surface area (Å²) in [6, 6.07) is 0. The standard InChI is InChI=1S/C11H20FNO/c1-2-14-5-3-4-13-8-11(9-13)6-10(12)7-11/h10H,2-9H2,1H3. The Labute approximate surface area is 85.4 Å². The maximum Gasteiger partial charge on any atom is 0.101 e. The second kappa shape index (κ2) is 4.15. The molecular formula is C11H20FNO. The van der Waals surface area contributed by atoms with Gasteiger partial charge in [0.05, 0.1) is 0 Å². The molecule has 2 rings (SSSR count). The lowest BCUT2D eigenvalue weighted by Gasteiger charge is -2.57. The molecule has 2 aliphatic rings. The van der Waals surface area contributed by atoms with E-state index in [-0.39, 0.29) is 0 Å². The number of hydrogen-bond donors (Lipinski definition) is 0. The number of ether oxygens (including phenoxy) is 1. The van der Waals surface area contributed by atoms with Crippen molar-refractivity contribution in [1.29, 1.82) is 0 Å². The van der Waals surface area contributed by atoms with Crippen molar-refractivity contribution in [3.05, 3.63) is 0 Å². The first-order valence-corrected chi connectivity index (χ1v) is 5.68. The van der Waals surface area contributed by atoms with Crippen LogP contribution in [0.1, 0.15) is 26.2 Å². The quantitative estimate of drug-likeness (QED) is 0.629. The van der Waals surface area contributed by atoms with Crippen LogP contribution in [0.5, 0.6) is 0 Å². The number of nitrogens with zero attached hydrogens (tertiary/aromatic N) is 1. The lowest BCUT2D eigenvalue weighted by molar-refractivity contribution is -0.103. The number of likely N-dealkylation sites (tertiary alicyclic amines) is 1. The summed E-state index contributed by atoms with van der Waals surface area (Å²) in [6.07, 6.45) is 2.24. The van der Waals surface area contributed by atoms with Gasteiger partial charge in [-0.2, -0.15) is 0 Å². The molecule has 1 saturated heterocycles. The Bertz CT molecular complexity index is 184. The van der Waals surface area contributed by atoms with Gasteiger partial charge in [0, 0.05) is 38.3 Å². The zero-order valence-corrected chi connectivity index (χ0v) is 8.97. The van der Waals surface area contributed by atoms with Crippen LogP contribution in [0, 0.1) is 5.41 Å². The first kappa shape index (κ1) is 10.4. The molecule has 1 spiro atoms. The smallest absolute Gasteiger partial charge is 0.101 e. The molecule has 1 heterocycles. The molecule has 0 aromatic rings. The minimum atomic E-state index is -0.499. The van der Waals surface area contributed by atoms with Crippen LogP contribution in [-0.4, -0.2) is 43.9 Å². The molecular weight excluding hydrogens is 181 g/mol. The third-order valence-corrected chi connectivity index (χ3v) is 3.39. The van der Waals surface area contributed by atoms with E-state index in [0.29, 0.717) is 5.41 Å². The van der Waals surface area contributed by atoms with Crippen LogP contribution in [0.15, 0.2) is 0 Å². The third kappa shape index (κ3) is 2.09. The summed E-state index contributed by atoms with van der Waals surface area (Å²) in [4.78, 5) is 2.42. The fourth-order valence-electron chi connectivity index (χ4n) is 2.73. The molecule has 0 bridgehead atoms. The van der Waals surface area contributed by atoms with Gasteiger partial charge >= 0.3 is 0 Å². The largest absolute Gasteiger partial charge is 0.382 e. The van der Waals surface area contributed by atoms with Gasteiger partial charge in [-0.15, -0.1) is 0 Å². The normalized spacial score (nSPS) is 26.1. The third-order valence-electron chi connectivity index (χ3n) is 3.39. The van der Waals surface area contributed by atoms with Crippen LogP contribution in [0.2, 0.25) is 0 Å². The van der Waals surface area contributed by atoms with E-state index in [1.54, 1.807) is 0 Å². The molecule has 2 nitrogen and oxygen atoms in total. The molecule has 0 atom stereocenters. The van der Waals surface area contributed by atoms with Crippen molar-refractivity contribution < 1.29 is 9.13 Å². The molecule has 2 fully saturated rings. The zero-order valence-electron chi connectivity index (χ0n) is 8.97. The highest BCUT2D eigenvalue weighted by Gasteiger charge is 2.52. The molecule has 1 aliphatic carbocycles. The maximum absolute atomic E-state index is 12.7. The zero-order chi connectivity index (χ0) is 10.0. The summed E-state index contributed by atoms with van der Waals surface area (Å²) in [5.74, 6) is 0. The second-order valence-corrected chi connectivity index (χ2v) is 4.77. The SMILES string of the molecule is CCOCCCN1CC2(CC(F)C2)C1. The van der Waals surface area contributed by atoms with E-state index in [1.807, 2.05) is 6.92 Å². The Kier molecular flexibility index (Phi) is 3.07. The van der Waals surface area contributed by atoms with Crippen LogP contribution in [0.3, 0.4) is 0 Å². The van der Waals surface area contributed by atoms with Gasteiger partial charge in [-0.05, 0) is 26.2 Å². The van der Waals surface area contributed by atoms with Crippen LogP contribution in [0.25, 0.3) is 0 Å². The highest BCUT2D eigenvalue weighted by Crippen LogP contribution is 2.49. The number of alkyl halides is 1. The summed E-state index contributed by atoms with van der Waals surface area (Å²) in [6.45, 7) is 7.07. The Balaban J connectivity index is 1.51. The fraction of sp³-hybridized carbons (Fsp3) is 1.00. The molecule has 14 heavy (non-hydrogen) atoms. The van der Waals surface area contributed by atoms with Gasteiger partial charge in [0.1, 0.15) is 6.17 Å². The molecule has 0 aromatic heterocycles. The van der Waals surface area contributed by atoms with Crippen molar-refractivity contribution >= 4 is 0 Å². The van der Waals surface area contributed by atoms with Crippen molar-refractivity contribution in [2.45, 2.75) is 32.4 Å². The molecule has 82 valence electrons. The van der Waals surface area contributed by atoms with Crippen LogP contribution in [0.4, 0.5) is 4.39 Å². The molecule has 0 unspecified atom stereocenters. The van der Waals surface area contributed by atoms with E-state index in [1.165, 1.54) is 0 Å². The van der Waals surface area contributed by atoms with Gasteiger partial charge in [-0.25, -0.2) is 4.39 Å². The summed E-state index contributed by atoms with van der Waals surface area (Å²) in [7, 11) is 0. The lowest BCUT2D eigenvalue weighted by Crippen LogP contribution is -2.62. The van der Waals surface area contributed by atoms with Gasteiger partial charge in [0.2, 0.25) is 0 Å². The first-order valence-electron chi connectivity index (χ1n) is 5.68. The molecule has 1 saturated carbocycles. The molecule has 0 aromatic carbocycles. The number of hydrogen-bond acceptors (Lipinski definition) is 2. The molecule has 3 heteroatoms. The topological polar surface area (TPSA) is 12.5 Å². The van der Waals surface area contributed by atoms with E-state index < -0.39 is 6.17 Å². The van der Waals surface area contributed by atoms with Crippen LogP contribution >= 0.6 is 0 Å². The van der Waals surface area contributed by atoms with E-state index in [4.69, 9.17) is 4.74 Å². The van der Waals surface area contributed by atoms with Gasteiger partial charge in [-0.3, -0.25) is 0 Å². The van der Waals surface area contributed by atoms with Gasteiger partial charge in [0.25, 0.3) is 0 Å². The van der Waals surface area contributed by atoms with Crippen molar-refractivity contribution in [3.8, 4) is 0 Å². The maximum atomic E-state index is 12.7. The van der Waals surface area contributed by atoms with Crippen molar-refractivity contribution in [2.24, 2.45) is 5.41 Å². The van der Waals surface area contributed by atoms with Gasteiger partial charge in [-0.1, -0.05) is 0 Å². The average Bonchev–Trinajstić information content (AvgIpc) is 2.05. The summed E-state index contributed by atoms with van der Waals surface area (Å²) in [5, 5.41) is 0. The van der Waals surface area contributed by atoms with E-state index in [0.717, 1.165) is 52.1 Å². The Hall–Kier alpha value is -0.150. The number of halogens is 1. The molecule has 1 aliphatic heterocycles. The van der Waals surface area contributed by atoms with Crippen molar-refractivity contribution in [2.75, 3.05) is 32.8 Å². The van der Waals surface area contributed by atoms with Crippen molar-refractivity contribution in [1.82, 2.24) is 4.90 Å². The monoisotopic (exact) mass is 201 g/mol. The molecule has 0 amide bonds. The highest BCUT2D eigenvalue weighted by molar-refractivity contribution is 5.04. The average molecular weight is 201 g/mol. The predicted molar refractivity (Wildman–Crippen MR) is 54.1 cm³/mol. The van der Waals surface area contributed by atoms with Gasteiger partial charge < -0.3 is 9.64 Å². The van der Waals surface area contributed by atoms with Crippen LogP contribution in [-0.2, 0) is 4.74 Å². The summed E-state index contributed by atoms with van der Waals surface area (Å²) < 4.78 is 17.9. The minimum absolute atomic E-state index is 0.394. The molecule has 0 radical (unpaired) electrons. The first-order chi connectivity index (χ1) is 6.74.